The van der Waals surface area contributed by atoms with Crippen molar-refractivity contribution in [3.63, 3.8) is 0 Å². The number of aromatic nitrogens is 5. The van der Waals surface area contributed by atoms with Gasteiger partial charge in [0.1, 0.15) is 0 Å². The third kappa shape index (κ3) is 2.79. The van der Waals surface area contributed by atoms with E-state index in [9.17, 15) is 4.79 Å². The second-order valence-corrected chi connectivity index (χ2v) is 5.33. The van der Waals surface area contributed by atoms with Crippen LogP contribution in [0.3, 0.4) is 0 Å². The number of anilines is 1. The highest BCUT2D eigenvalue weighted by molar-refractivity contribution is 7.17. The molecule has 3 aromatic heterocycles. The highest BCUT2D eigenvalue weighted by Crippen LogP contribution is 2.26. The van der Waals surface area contributed by atoms with E-state index in [2.05, 4.69) is 30.7 Å². The van der Waals surface area contributed by atoms with Gasteiger partial charge in [0.2, 0.25) is 5.13 Å². The van der Waals surface area contributed by atoms with Crippen molar-refractivity contribution in [2.45, 2.75) is 6.92 Å². The number of aromatic amines is 1. The van der Waals surface area contributed by atoms with E-state index in [0.717, 1.165) is 28.2 Å². The number of carbonyl (C=O) groups excluding carboxylic acids is 1. The van der Waals surface area contributed by atoms with Crippen molar-refractivity contribution in [1.82, 2.24) is 25.4 Å². The van der Waals surface area contributed by atoms with E-state index in [1.165, 1.54) is 13.3 Å². The molecule has 9 heteroatoms. The summed E-state index contributed by atoms with van der Waals surface area (Å²) in [6.45, 7) is 1.86. The molecule has 8 nitrogen and oxygen atoms in total. The molecule has 0 saturated carbocycles. The van der Waals surface area contributed by atoms with Crippen LogP contribution in [0.25, 0.3) is 11.1 Å². The smallest absolute Gasteiger partial charge is 0.295 e. The number of hydrogen-bond donors (Lipinski definition) is 2. The van der Waals surface area contributed by atoms with Crippen LogP contribution in [0.1, 0.15) is 16.1 Å². The molecule has 0 radical (unpaired) electrons. The predicted molar refractivity (Wildman–Crippen MR) is 81.0 cm³/mol. The van der Waals surface area contributed by atoms with Gasteiger partial charge < -0.3 is 4.74 Å². The molecule has 0 spiro atoms. The summed E-state index contributed by atoms with van der Waals surface area (Å²) >= 11 is 1.15. The molecule has 0 unspecified atom stereocenters. The number of pyridine rings is 1. The summed E-state index contributed by atoms with van der Waals surface area (Å²) in [7, 11) is 1.49. The van der Waals surface area contributed by atoms with E-state index in [-0.39, 0.29) is 5.91 Å². The van der Waals surface area contributed by atoms with Crippen molar-refractivity contribution in [3.05, 3.63) is 35.9 Å². The Kier molecular flexibility index (Phi) is 3.79. The van der Waals surface area contributed by atoms with Crippen molar-refractivity contribution in [3.8, 4) is 16.3 Å². The molecule has 112 valence electrons. The first-order chi connectivity index (χ1) is 10.7. The highest BCUT2D eigenvalue weighted by Gasteiger charge is 2.16. The molecule has 0 aromatic carbocycles. The number of hydrogen-bond acceptors (Lipinski definition) is 7. The van der Waals surface area contributed by atoms with E-state index in [0.29, 0.717) is 15.9 Å². The monoisotopic (exact) mass is 316 g/mol. The van der Waals surface area contributed by atoms with Gasteiger partial charge in [0.25, 0.3) is 11.1 Å². The molecule has 0 saturated heterocycles. The molecule has 22 heavy (non-hydrogen) atoms. The lowest BCUT2D eigenvalue weighted by atomic mass is 10.0. The minimum atomic E-state index is -0.317. The van der Waals surface area contributed by atoms with Gasteiger partial charge in [0.05, 0.1) is 18.9 Å². The molecule has 0 fully saturated rings. The molecule has 0 aliphatic heterocycles. The average Bonchev–Trinajstić information content (AvgIpc) is 3.18. The van der Waals surface area contributed by atoms with Crippen LogP contribution in [0.15, 0.2) is 24.7 Å². The van der Waals surface area contributed by atoms with Crippen LogP contribution < -0.4 is 10.1 Å². The van der Waals surface area contributed by atoms with Crippen LogP contribution in [-0.2, 0) is 0 Å². The summed E-state index contributed by atoms with van der Waals surface area (Å²) in [5.74, 6) is -0.317. The summed E-state index contributed by atoms with van der Waals surface area (Å²) in [5, 5.41) is 17.7. The number of ether oxygens (including phenoxy) is 1. The van der Waals surface area contributed by atoms with E-state index in [1.54, 1.807) is 12.4 Å². The first-order valence-electron chi connectivity index (χ1n) is 6.32. The maximum absolute atomic E-state index is 12.5. The predicted octanol–water partition coefficient (Wildman–Crippen LogP) is 1.89. The van der Waals surface area contributed by atoms with Crippen LogP contribution in [-0.4, -0.2) is 38.4 Å². The fourth-order valence-electron chi connectivity index (χ4n) is 1.89. The quantitative estimate of drug-likeness (QED) is 0.761. The van der Waals surface area contributed by atoms with Crippen LogP contribution in [0.2, 0.25) is 0 Å². The number of H-pyrrole nitrogens is 1. The number of nitrogens with zero attached hydrogens (tertiary/aromatic N) is 4. The third-order valence-electron chi connectivity index (χ3n) is 2.90. The second kappa shape index (κ2) is 5.90. The van der Waals surface area contributed by atoms with Crippen molar-refractivity contribution in [1.29, 1.82) is 0 Å². The molecule has 0 atom stereocenters. The van der Waals surface area contributed by atoms with E-state index in [4.69, 9.17) is 4.74 Å². The number of aryl methyl sites for hydroxylation is 1. The average molecular weight is 316 g/mol. The number of amides is 1. The van der Waals surface area contributed by atoms with Crippen LogP contribution in [0.4, 0.5) is 5.13 Å². The Balaban J connectivity index is 1.92. The Morgan fingerprint density at radius 1 is 1.36 bits per heavy atom. The Morgan fingerprint density at radius 3 is 2.91 bits per heavy atom. The molecular weight excluding hydrogens is 304 g/mol. The number of nitrogens with one attached hydrogen (secondary N) is 2. The molecule has 0 aliphatic carbocycles. The SMILES string of the molecule is COc1nnc(NC(=O)c2cnc(C)cc2-c2cn[nH]c2)s1. The number of methoxy groups -OCH3 is 1. The van der Waals surface area contributed by atoms with Gasteiger partial charge in [-0.05, 0) is 24.3 Å². The van der Waals surface area contributed by atoms with Gasteiger partial charge in [-0.25, -0.2) is 0 Å². The zero-order chi connectivity index (χ0) is 15.5. The number of carbonyl (C=O) groups is 1. The topological polar surface area (TPSA) is 106 Å². The molecule has 3 aromatic rings. The Hall–Kier alpha value is -2.81. The lowest BCUT2D eigenvalue weighted by Crippen LogP contribution is -2.13. The van der Waals surface area contributed by atoms with Gasteiger partial charge >= 0.3 is 0 Å². The maximum atomic E-state index is 12.5. The maximum Gasteiger partial charge on any atom is 0.295 e. The molecule has 2 N–H and O–H groups in total. The molecule has 3 heterocycles. The van der Waals surface area contributed by atoms with Crippen molar-refractivity contribution < 1.29 is 9.53 Å². The Bertz CT molecular complexity index is 799. The number of rotatable bonds is 4. The van der Waals surface area contributed by atoms with Gasteiger partial charge in [0, 0.05) is 29.2 Å². The fourth-order valence-corrected chi connectivity index (χ4v) is 2.44. The minimum Gasteiger partial charge on any atom is -0.472 e. The van der Waals surface area contributed by atoms with Gasteiger partial charge in [-0.3, -0.25) is 20.2 Å². The van der Waals surface area contributed by atoms with E-state index in [1.807, 2.05) is 13.0 Å². The van der Waals surface area contributed by atoms with E-state index >= 15 is 0 Å². The minimum absolute atomic E-state index is 0.317. The summed E-state index contributed by atoms with van der Waals surface area (Å²) in [6, 6.07) is 1.83. The Labute approximate surface area is 129 Å². The lowest BCUT2D eigenvalue weighted by molar-refractivity contribution is 0.102. The zero-order valence-corrected chi connectivity index (χ0v) is 12.6. The van der Waals surface area contributed by atoms with Gasteiger partial charge in [-0.2, -0.15) is 5.10 Å². The highest BCUT2D eigenvalue weighted by atomic mass is 32.1. The van der Waals surface area contributed by atoms with Gasteiger partial charge in [-0.15, -0.1) is 5.10 Å². The summed E-state index contributed by atoms with van der Waals surface area (Å²) in [6.07, 6.45) is 4.91. The zero-order valence-electron chi connectivity index (χ0n) is 11.8. The fraction of sp³-hybridized carbons (Fsp3) is 0.154. The molecule has 1 amide bonds. The molecule has 3 rings (SSSR count). The summed E-state index contributed by atoms with van der Waals surface area (Å²) in [5.41, 5.74) is 2.80. The third-order valence-corrected chi connectivity index (χ3v) is 3.70. The second-order valence-electron chi connectivity index (χ2n) is 4.39. The normalized spacial score (nSPS) is 10.5. The first kappa shape index (κ1) is 14.1. The largest absolute Gasteiger partial charge is 0.472 e. The summed E-state index contributed by atoms with van der Waals surface area (Å²) < 4.78 is 4.95. The lowest BCUT2D eigenvalue weighted by Gasteiger charge is -2.07. The van der Waals surface area contributed by atoms with E-state index < -0.39 is 0 Å². The first-order valence-corrected chi connectivity index (χ1v) is 7.13. The van der Waals surface area contributed by atoms with Crippen molar-refractivity contribution >= 4 is 22.4 Å². The Morgan fingerprint density at radius 2 is 2.23 bits per heavy atom. The molecular formula is C13H12N6O2S. The summed E-state index contributed by atoms with van der Waals surface area (Å²) in [4.78, 5) is 16.6. The molecule has 0 aliphatic rings. The van der Waals surface area contributed by atoms with Crippen LogP contribution in [0.5, 0.6) is 5.19 Å². The van der Waals surface area contributed by atoms with Gasteiger partial charge in [-0.1, -0.05) is 5.10 Å². The standard InChI is InChI=1S/C13H12N6O2S/c1-7-3-9(8-4-15-16-5-8)10(6-14-7)11(20)17-12-18-19-13(21-2)22-12/h3-6H,1-2H3,(H,15,16)(H,17,18,20). The van der Waals surface area contributed by atoms with Crippen LogP contribution >= 0.6 is 11.3 Å². The van der Waals surface area contributed by atoms with Crippen molar-refractivity contribution in [2.24, 2.45) is 0 Å². The van der Waals surface area contributed by atoms with Gasteiger partial charge in [0.15, 0.2) is 0 Å². The van der Waals surface area contributed by atoms with Crippen molar-refractivity contribution in [2.75, 3.05) is 12.4 Å². The van der Waals surface area contributed by atoms with Crippen LogP contribution in [0, 0.1) is 6.92 Å². The molecule has 0 bridgehead atoms.